The van der Waals surface area contributed by atoms with E-state index in [0.29, 0.717) is 5.41 Å². The molecule has 0 spiro atoms. The van der Waals surface area contributed by atoms with Gasteiger partial charge < -0.3 is 15.0 Å². The first-order valence-corrected chi connectivity index (χ1v) is 8.24. The van der Waals surface area contributed by atoms with Crippen LogP contribution in [0.25, 0.3) is 0 Å². The molecule has 3 fully saturated rings. The summed E-state index contributed by atoms with van der Waals surface area (Å²) < 4.78 is 5.81. The summed E-state index contributed by atoms with van der Waals surface area (Å²) in [6, 6.07) is 0. The van der Waals surface area contributed by atoms with Crippen LogP contribution in [0.5, 0.6) is 0 Å². The molecule has 0 aromatic carbocycles. The van der Waals surface area contributed by atoms with Gasteiger partial charge in [0.1, 0.15) is 0 Å². The van der Waals surface area contributed by atoms with Gasteiger partial charge in [-0.1, -0.05) is 0 Å². The Balaban J connectivity index is 1.58. The number of nitrogens with one attached hydrogen (secondary N) is 1. The molecule has 19 heavy (non-hydrogen) atoms. The molecule has 1 atom stereocenters. The number of rotatable bonds is 8. The Bertz CT molecular complexity index is 261. The topological polar surface area (TPSA) is 24.5 Å². The van der Waals surface area contributed by atoms with Crippen molar-refractivity contribution < 1.29 is 4.74 Å². The Morgan fingerprint density at radius 3 is 2.32 bits per heavy atom. The van der Waals surface area contributed by atoms with Gasteiger partial charge in [0.15, 0.2) is 0 Å². The lowest BCUT2D eigenvalue weighted by Crippen LogP contribution is -2.49. The fraction of sp³-hybridized carbons (Fsp3) is 1.00. The van der Waals surface area contributed by atoms with Crippen molar-refractivity contribution in [1.82, 2.24) is 10.2 Å². The van der Waals surface area contributed by atoms with Crippen LogP contribution < -0.4 is 5.32 Å². The maximum Gasteiger partial charge on any atom is 0.0546 e. The second-order valence-corrected chi connectivity index (χ2v) is 7.27. The largest absolute Gasteiger partial charge is 0.381 e. The molecule has 3 nitrogen and oxygen atoms in total. The third kappa shape index (κ3) is 4.17. The average molecular weight is 266 g/mol. The first-order valence-electron chi connectivity index (χ1n) is 8.24. The van der Waals surface area contributed by atoms with Crippen molar-refractivity contribution in [2.24, 2.45) is 17.3 Å². The molecule has 1 saturated heterocycles. The minimum absolute atomic E-state index is 0.372. The zero-order valence-corrected chi connectivity index (χ0v) is 12.5. The van der Waals surface area contributed by atoms with Crippen molar-refractivity contribution >= 4 is 0 Å². The molecule has 2 aliphatic carbocycles. The van der Waals surface area contributed by atoms with Crippen LogP contribution in [0.15, 0.2) is 0 Å². The molecule has 0 amide bonds. The lowest BCUT2D eigenvalue weighted by atomic mass is 9.81. The van der Waals surface area contributed by atoms with E-state index in [2.05, 4.69) is 17.3 Å². The molecular weight excluding hydrogens is 236 g/mol. The van der Waals surface area contributed by atoms with Crippen molar-refractivity contribution in [3.8, 4) is 0 Å². The van der Waals surface area contributed by atoms with Crippen molar-refractivity contribution in [3.05, 3.63) is 0 Å². The molecule has 0 bridgehead atoms. The van der Waals surface area contributed by atoms with Gasteiger partial charge in [0, 0.05) is 38.2 Å². The predicted molar refractivity (Wildman–Crippen MR) is 78.3 cm³/mol. The minimum Gasteiger partial charge on any atom is -0.381 e. The van der Waals surface area contributed by atoms with Crippen molar-refractivity contribution in [1.29, 1.82) is 0 Å². The Labute approximate surface area is 118 Å². The maximum atomic E-state index is 5.81. The fourth-order valence-electron chi connectivity index (χ4n) is 3.61. The molecule has 1 unspecified atom stereocenters. The standard InChI is InChI=1S/C16H30N2O/c1-17-11-16(7-2-8-19-13-16)12-18(9-14-3-4-14)10-15-5-6-15/h14-15,17H,2-13H2,1H3. The van der Waals surface area contributed by atoms with E-state index in [1.54, 1.807) is 0 Å². The highest BCUT2D eigenvalue weighted by Crippen LogP contribution is 2.36. The van der Waals surface area contributed by atoms with Crippen molar-refractivity contribution in [2.45, 2.75) is 38.5 Å². The van der Waals surface area contributed by atoms with Crippen molar-refractivity contribution in [2.75, 3.05) is 46.4 Å². The molecule has 1 N–H and O–H groups in total. The van der Waals surface area contributed by atoms with E-state index in [1.165, 1.54) is 58.2 Å². The van der Waals surface area contributed by atoms with Crippen LogP contribution in [-0.4, -0.2) is 51.3 Å². The highest BCUT2D eigenvalue weighted by molar-refractivity contribution is 4.90. The second-order valence-electron chi connectivity index (χ2n) is 7.27. The van der Waals surface area contributed by atoms with Gasteiger partial charge >= 0.3 is 0 Å². The van der Waals surface area contributed by atoms with Crippen LogP contribution in [0, 0.1) is 17.3 Å². The molecule has 1 aliphatic heterocycles. The summed E-state index contributed by atoms with van der Waals surface area (Å²) in [5, 5.41) is 3.41. The van der Waals surface area contributed by atoms with E-state index < -0.39 is 0 Å². The summed E-state index contributed by atoms with van der Waals surface area (Å²) in [5.74, 6) is 2.02. The normalized spacial score (nSPS) is 31.9. The lowest BCUT2D eigenvalue weighted by molar-refractivity contribution is -0.0266. The Kier molecular flexibility index (Phi) is 4.45. The van der Waals surface area contributed by atoms with E-state index in [9.17, 15) is 0 Å². The lowest BCUT2D eigenvalue weighted by Gasteiger charge is -2.41. The summed E-state index contributed by atoms with van der Waals surface area (Å²) in [7, 11) is 2.09. The molecule has 1 heterocycles. The van der Waals surface area contributed by atoms with Crippen LogP contribution in [0.1, 0.15) is 38.5 Å². The number of nitrogens with zero attached hydrogens (tertiary/aromatic N) is 1. The zero-order valence-electron chi connectivity index (χ0n) is 12.5. The van der Waals surface area contributed by atoms with Gasteiger partial charge in [-0.25, -0.2) is 0 Å². The van der Waals surface area contributed by atoms with Crippen LogP contribution in [0.4, 0.5) is 0 Å². The quantitative estimate of drug-likeness (QED) is 0.728. The highest BCUT2D eigenvalue weighted by Gasteiger charge is 2.37. The van der Waals surface area contributed by atoms with Crippen molar-refractivity contribution in [3.63, 3.8) is 0 Å². The van der Waals surface area contributed by atoms with Gasteiger partial charge in [-0.15, -0.1) is 0 Å². The first-order chi connectivity index (χ1) is 9.30. The molecule has 110 valence electrons. The third-order valence-electron chi connectivity index (χ3n) is 4.94. The van der Waals surface area contributed by atoms with E-state index >= 15 is 0 Å². The van der Waals surface area contributed by atoms with Gasteiger partial charge in [-0.3, -0.25) is 0 Å². The first kappa shape index (κ1) is 13.8. The van der Waals surface area contributed by atoms with Gasteiger partial charge in [0.05, 0.1) is 6.61 Å². The maximum absolute atomic E-state index is 5.81. The zero-order chi connectivity index (χ0) is 13.1. The molecule has 3 aliphatic rings. The van der Waals surface area contributed by atoms with Gasteiger partial charge in [-0.2, -0.15) is 0 Å². The Hall–Kier alpha value is -0.120. The predicted octanol–water partition coefficient (Wildman–Crippen LogP) is 2.12. The van der Waals surface area contributed by atoms with Crippen LogP contribution in [0.2, 0.25) is 0 Å². The smallest absolute Gasteiger partial charge is 0.0546 e. The Morgan fingerprint density at radius 1 is 1.16 bits per heavy atom. The van der Waals surface area contributed by atoms with E-state index in [0.717, 1.165) is 31.6 Å². The van der Waals surface area contributed by atoms with E-state index in [1.807, 2.05) is 0 Å². The average Bonchev–Trinajstić information content (AvgIpc) is 3.27. The molecular formula is C16H30N2O. The number of ether oxygens (including phenoxy) is 1. The highest BCUT2D eigenvalue weighted by atomic mass is 16.5. The third-order valence-corrected chi connectivity index (χ3v) is 4.94. The summed E-state index contributed by atoms with van der Waals surface area (Å²) >= 11 is 0. The monoisotopic (exact) mass is 266 g/mol. The van der Waals surface area contributed by atoms with Gasteiger partial charge in [-0.05, 0) is 57.4 Å². The summed E-state index contributed by atoms with van der Waals surface area (Å²) in [5.41, 5.74) is 0.372. The Morgan fingerprint density at radius 2 is 1.84 bits per heavy atom. The minimum atomic E-state index is 0.372. The summed E-state index contributed by atoms with van der Waals surface area (Å²) in [6.07, 6.45) is 8.45. The molecule has 0 radical (unpaired) electrons. The van der Waals surface area contributed by atoms with Gasteiger partial charge in [0.2, 0.25) is 0 Å². The van der Waals surface area contributed by atoms with E-state index in [4.69, 9.17) is 4.74 Å². The summed E-state index contributed by atoms with van der Waals surface area (Å²) in [4.78, 5) is 2.78. The van der Waals surface area contributed by atoms with Crippen LogP contribution in [0.3, 0.4) is 0 Å². The molecule has 3 heteroatoms. The molecule has 0 aromatic rings. The van der Waals surface area contributed by atoms with E-state index in [-0.39, 0.29) is 0 Å². The second kappa shape index (κ2) is 6.11. The van der Waals surface area contributed by atoms with Crippen LogP contribution >= 0.6 is 0 Å². The van der Waals surface area contributed by atoms with Crippen LogP contribution in [-0.2, 0) is 4.74 Å². The number of hydrogen-bond acceptors (Lipinski definition) is 3. The number of hydrogen-bond donors (Lipinski definition) is 1. The molecule has 3 rings (SSSR count). The molecule has 0 aromatic heterocycles. The summed E-state index contributed by atoms with van der Waals surface area (Å²) in [6.45, 7) is 6.99. The SMILES string of the molecule is CNCC1(CN(CC2CC2)CC2CC2)CCCOC1. The van der Waals surface area contributed by atoms with Gasteiger partial charge in [0.25, 0.3) is 0 Å². The fourth-order valence-corrected chi connectivity index (χ4v) is 3.61. The molecule has 2 saturated carbocycles.